The van der Waals surface area contributed by atoms with Crippen LogP contribution in [0.3, 0.4) is 0 Å². The molecule has 3 rings (SSSR count). The van der Waals surface area contributed by atoms with Gasteiger partial charge >= 0.3 is 0 Å². The molecule has 0 atom stereocenters. The zero-order valence-electron chi connectivity index (χ0n) is 14.1. The van der Waals surface area contributed by atoms with E-state index >= 15 is 0 Å². The van der Waals surface area contributed by atoms with E-state index in [0.717, 1.165) is 27.8 Å². The van der Waals surface area contributed by atoms with Gasteiger partial charge < -0.3 is 14.3 Å². The van der Waals surface area contributed by atoms with Crippen molar-refractivity contribution in [2.45, 2.75) is 6.61 Å². The number of ether oxygens (including phenoxy) is 2. The number of fused-ring (bicyclic) bond motifs is 1. The van der Waals surface area contributed by atoms with E-state index in [1.165, 1.54) is 7.11 Å². The van der Waals surface area contributed by atoms with E-state index < -0.39 is 0 Å². The van der Waals surface area contributed by atoms with Crippen LogP contribution in [0.15, 0.2) is 59.8 Å². The molecule has 0 fully saturated rings. The van der Waals surface area contributed by atoms with Gasteiger partial charge in [-0.25, -0.2) is 0 Å². The SMILES string of the molecule is CON=CCOc1ccc(COc2cccc3c(Cl)c(Cl)ccc23)cc1. The maximum atomic E-state index is 6.28. The lowest BCUT2D eigenvalue weighted by atomic mass is 10.1. The van der Waals surface area contributed by atoms with Crippen molar-refractivity contribution < 1.29 is 14.3 Å². The number of nitrogens with zero attached hydrogens (tertiary/aromatic N) is 1. The lowest BCUT2D eigenvalue weighted by molar-refractivity contribution is 0.212. The van der Waals surface area contributed by atoms with Crippen molar-refractivity contribution in [1.82, 2.24) is 0 Å². The lowest BCUT2D eigenvalue weighted by Crippen LogP contribution is -1.99. The van der Waals surface area contributed by atoms with E-state index in [1.54, 1.807) is 12.3 Å². The van der Waals surface area contributed by atoms with Crippen LogP contribution in [0.1, 0.15) is 5.56 Å². The largest absolute Gasteiger partial charge is 0.488 e. The molecular weight excluding hydrogens is 373 g/mol. The molecule has 0 spiro atoms. The van der Waals surface area contributed by atoms with E-state index in [4.69, 9.17) is 32.7 Å². The summed E-state index contributed by atoms with van der Waals surface area (Å²) in [6, 6.07) is 17.1. The molecule has 0 N–H and O–H groups in total. The Kier molecular flexibility index (Phi) is 6.21. The first kappa shape index (κ1) is 18.4. The van der Waals surface area contributed by atoms with E-state index in [-0.39, 0.29) is 0 Å². The van der Waals surface area contributed by atoms with Crippen molar-refractivity contribution in [3.63, 3.8) is 0 Å². The molecule has 134 valence electrons. The topological polar surface area (TPSA) is 40.0 Å². The summed E-state index contributed by atoms with van der Waals surface area (Å²) < 4.78 is 11.5. The number of hydrogen-bond donors (Lipinski definition) is 0. The summed E-state index contributed by atoms with van der Waals surface area (Å²) >= 11 is 12.4. The molecule has 0 aliphatic heterocycles. The van der Waals surface area contributed by atoms with Crippen LogP contribution in [-0.2, 0) is 11.4 Å². The number of benzene rings is 3. The van der Waals surface area contributed by atoms with Crippen LogP contribution in [0.2, 0.25) is 10.0 Å². The average molecular weight is 390 g/mol. The smallest absolute Gasteiger partial charge is 0.127 e. The summed E-state index contributed by atoms with van der Waals surface area (Å²) in [5.74, 6) is 1.51. The Morgan fingerprint density at radius 3 is 2.50 bits per heavy atom. The summed E-state index contributed by atoms with van der Waals surface area (Å²) in [7, 11) is 1.49. The zero-order chi connectivity index (χ0) is 18.4. The number of halogens is 2. The molecule has 6 heteroatoms. The monoisotopic (exact) mass is 389 g/mol. The van der Waals surface area contributed by atoms with Crippen molar-refractivity contribution in [3.8, 4) is 11.5 Å². The third-order valence-corrected chi connectivity index (χ3v) is 4.55. The van der Waals surface area contributed by atoms with Gasteiger partial charge in [-0.1, -0.05) is 52.6 Å². The molecular formula is C20H17Cl2NO3. The third kappa shape index (κ3) is 4.40. The molecule has 3 aromatic carbocycles. The van der Waals surface area contributed by atoms with Gasteiger partial charge in [0.1, 0.15) is 31.8 Å². The highest BCUT2D eigenvalue weighted by Gasteiger charge is 2.08. The maximum absolute atomic E-state index is 6.28. The maximum Gasteiger partial charge on any atom is 0.127 e. The molecule has 4 nitrogen and oxygen atoms in total. The Hall–Kier alpha value is -2.43. The first-order valence-electron chi connectivity index (χ1n) is 7.95. The van der Waals surface area contributed by atoms with Crippen molar-refractivity contribution in [2.24, 2.45) is 5.16 Å². The predicted octanol–water partition coefficient (Wildman–Crippen LogP) is 5.74. The Balaban J connectivity index is 1.67. The fourth-order valence-electron chi connectivity index (χ4n) is 2.47. The van der Waals surface area contributed by atoms with E-state index in [1.807, 2.05) is 48.5 Å². The minimum Gasteiger partial charge on any atom is -0.488 e. The summed E-state index contributed by atoms with van der Waals surface area (Å²) in [6.07, 6.45) is 1.55. The highest BCUT2D eigenvalue weighted by atomic mass is 35.5. The van der Waals surface area contributed by atoms with E-state index in [0.29, 0.717) is 23.3 Å². The molecule has 0 heterocycles. The van der Waals surface area contributed by atoms with Crippen LogP contribution in [-0.4, -0.2) is 19.9 Å². The number of rotatable bonds is 7. The predicted molar refractivity (Wildman–Crippen MR) is 106 cm³/mol. The van der Waals surface area contributed by atoms with Gasteiger partial charge in [-0.15, -0.1) is 0 Å². The third-order valence-electron chi connectivity index (χ3n) is 3.73. The number of oxime groups is 1. The van der Waals surface area contributed by atoms with Crippen LogP contribution in [0, 0.1) is 0 Å². The fraction of sp³-hybridized carbons (Fsp3) is 0.150. The highest BCUT2D eigenvalue weighted by Crippen LogP contribution is 2.35. The van der Waals surface area contributed by atoms with Crippen molar-refractivity contribution in [2.75, 3.05) is 13.7 Å². The molecule has 0 unspecified atom stereocenters. The van der Waals surface area contributed by atoms with Crippen LogP contribution in [0.4, 0.5) is 0 Å². The van der Waals surface area contributed by atoms with Gasteiger partial charge in [-0.3, -0.25) is 0 Å². The first-order chi connectivity index (χ1) is 12.7. The fourth-order valence-corrected chi connectivity index (χ4v) is 2.87. The first-order valence-corrected chi connectivity index (χ1v) is 8.71. The molecule has 0 aliphatic rings. The van der Waals surface area contributed by atoms with Crippen LogP contribution in [0.25, 0.3) is 10.8 Å². The van der Waals surface area contributed by atoms with Gasteiger partial charge in [0.2, 0.25) is 0 Å². The molecule has 0 amide bonds. The number of hydrogen-bond acceptors (Lipinski definition) is 4. The second-order valence-corrected chi connectivity index (χ2v) is 6.21. The minimum atomic E-state index is 0.350. The summed E-state index contributed by atoms with van der Waals surface area (Å²) in [4.78, 5) is 4.57. The Labute approximate surface area is 161 Å². The highest BCUT2D eigenvalue weighted by molar-refractivity contribution is 6.45. The van der Waals surface area contributed by atoms with Gasteiger partial charge in [0.25, 0.3) is 0 Å². The molecule has 3 aromatic rings. The Morgan fingerprint density at radius 1 is 0.923 bits per heavy atom. The summed E-state index contributed by atoms with van der Waals surface area (Å²) in [5, 5.41) is 6.48. The quantitative estimate of drug-likeness (QED) is 0.382. The van der Waals surface area contributed by atoms with Gasteiger partial charge in [-0.05, 0) is 35.9 Å². The molecule has 0 aliphatic carbocycles. The van der Waals surface area contributed by atoms with Crippen LogP contribution >= 0.6 is 23.2 Å². The van der Waals surface area contributed by atoms with Crippen LogP contribution < -0.4 is 9.47 Å². The second-order valence-electron chi connectivity index (χ2n) is 5.43. The zero-order valence-corrected chi connectivity index (χ0v) is 15.6. The van der Waals surface area contributed by atoms with Gasteiger partial charge in [0.15, 0.2) is 0 Å². The standard InChI is InChI=1S/C20H17Cl2NO3/c1-24-23-11-12-25-15-7-5-14(6-8-15)13-26-19-4-2-3-17-16(19)9-10-18(21)20(17)22/h2-11H,12-13H2,1H3. The van der Waals surface area contributed by atoms with Crippen molar-refractivity contribution in [3.05, 3.63) is 70.2 Å². The summed E-state index contributed by atoms with van der Waals surface area (Å²) in [5.41, 5.74) is 1.03. The average Bonchev–Trinajstić information content (AvgIpc) is 2.67. The second kappa shape index (κ2) is 8.79. The minimum absolute atomic E-state index is 0.350. The van der Waals surface area contributed by atoms with Gasteiger partial charge in [-0.2, -0.15) is 0 Å². The van der Waals surface area contributed by atoms with Crippen molar-refractivity contribution in [1.29, 1.82) is 0 Å². The molecule has 0 bridgehead atoms. The summed E-state index contributed by atoms with van der Waals surface area (Å²) in [6.45, 7) is 0.785. The molecule has 0 saturated heterocycles. The van der Waals surface area contributed by atoms with Gasteiger partial charge in [0.05, 0.1) is 16.3 Å². The van der Waals surface area contributed by atoms with Crippen LogP contribution in [0.5, 0.6) is 11.5 Å². The normalized spacial score (nSPS) is 11.0. The lowest BCUT2D eigenvalue weighted by Gasteiger charge is -2.11. The Morgan fingerprint density at radius 2 is 1.73 bits per heavy atom. The van der Waals surface area contributed by atoms with Gasteiger partial charge in [0, 0.05) is 10.8 Å². The van der Waals surface area contributed by atoms with E-state index in [2.05, 4.69) is 9.99 Å². The molecule has 0 radical (unpaired) electrons. The Bertz CT molecular complexity index is 911. The molecule has 26 heavy (non-hydrogen) atoms. The van der Waals surface area contributed by atoms with E-state index in [9.17, 15) is 0 Å². The molecule has 0 aromatic heterocycles. The van der Waals surface area contributed by atoms with Crippen molar-refractivity contribution >= 4 is 40.2 Å². The molecule has 0 saturated carbocycles.